The number of nitrogens with zero attached hydrogens (tertiary/aromatic N) is 2. The summed E-state index contributed by atoms with van der Waals surface area (Å²) in [7, 11) is 1.51. The van der Waals surface area contributed by atoms with Gasteiger partial charge < -0.3 is 14.4 Å². The number of benzene rings is 1. The van der Waals surface area contributed by atoms with E-state index >= 15 is 0 Å². The molecule has 6 nitrogen and oxygen atoms in total. The van der Waals surface area contributed by atoms with Crippen LogP contribution in [0, 0.1) is 0 Å². The number of fused-ring (bicyclic) bond motifs is 1. The Kier molecular flexibility index (Phi) is 2.86. The molecule has 0 radical (unpaired) electrons. The van der Waals surface area contributed by atoms with Crippen LogP contribution in [0.25, 0.3) is 11.0 Å². The molecular weight excluding hydrogens is 222 g/mol. The lowest BCUT2D eigenvalue weighted by Gasteiger charge is -2.10. The molecule has 0 saturated heterocycles. The Balaban J connectivity index is 2.66. The van der Waals surface area contributed by atoms with Gasteiger partial charge in [0.25, 0.3) is 0 Å². The maximum atomic E-state index is 10.7. The number of imidazole rings is 1. The van der Waals surface area contributed by atoms with Crippen molar-refractivity contribution in [3.05, 3.63) is 18.5 Å². The monoisotopic (exact) mass is 235 g/mol. The molecule has 1 amide bonds. The molecule has 0 aliphatic rings. The smallest absolute Gasteiger partial charge is 0.409 e. The number of amides is 1. The van der Waals surface area contributed by atoms with Crippen LogP contribution in [0.15, 0.2) is 18.5 Å². The lowest BCUT2D eigenvalue weighted by atomic mass is 10.2. The van der Waals surface area contributed by atoms with Gasteiger partial charge in [-0.15, -0.1) is 0 Å². The first-order chi connectivity index (χ1) is 8.17. The van der Waals surface area contributed by atoms with Gasteiger partial charge >= 0.3 is 6.09 Å². The first-order valence-corrected chi connectivity index (χ1v) is 5.19. The number of anilines is 1. The minimum Gasteiger partial charge on any atom is -0.492 e. The summed E-state index contributed by atoms with van der Waals surface area (Å²) in [4.78, 5) is 14.9. The summed E-state index contributed by atoms with van der Waals surface area (Å²) >= 11 is 0. The van der Waals surface area contributed by atoms with Gasteiger partial charge in [-0.1, -0.05) is 0 Å². The van der Waals surface area contributed by atoms with Crippen LogP contribution in [0.5, 0.6) is 5.75 Å². The van der Waals surface area contributed by atoms with Crippen molar-refractivity contribution in [2.75, 3.05) is 12.4 Å². The van der Waals surface area contributed by atoms with Gasteiger partial charge in [-0.2, -0.15) is 0 Å². The van der Waals surface area contributed by atoms with Crippen LogP contribution < -0.4 is 10.1 Å². The van der Waals surface area contributed by atoms with E-state index in [1.54, 1.807) is 18.5 Å². The summed E-state index contributed by atoms with van der Waals surface area (Å²) in [6.45, 7) is 2.72. The van der Waals surface area contributed by atoms with E-state index < -0.39 is 6.09 Å². The molecule has 0 spiro atoms. The molecule has 2 N–H and O–H groups in total. The highest BCUT2D eigenvalue weighted by Crippen LogP contribution is 2.33. The van der Waals surface area contributed by atoms with E-state index in [1.807, 2.05) is 11.5 Å². The van der Waals surface area contributed by atoms with Crippen LogP contribution in [-0.2, 0) is 6.54 Å². The van der Waals surface area contributed by atoms with Gasteiger partial charge in [0.05, 0.1) is 24.6 Å². The summed E-state index contributed by atoms with van der Waals surface area (Å²) < 4.78 is 7.18. The average Bonchev–Trinajstić information content (AvgIpc) is 2.71. The third-order valence-electron chi connectivity index (χ3n) is 2.52. The van der Waals surface area contributed by atoms with E-state index in [4.69, 9.17) is 9.84 Å². The molecule has 0 fully saturated rings. The highest BCUT2D eigenvalue weighted by Gasteiger charge is 2.14. The van der Waals surface area contributed by atoms with Crippen molar-refractivity contribution in [3.8, 4) is 5.75 Å². The van der Waals surface area contributed by atoms with E-state index in [1.165, 1.54) is 7.11 Å². The molecule has 1 heterocycles. The molecule has 1 aromatic carbocycles. The quantitative estimate of drug-likeness (QED) is 0.854. The number of carboxylic acid groups (broad SMARTS) is 1. The van der Waals surface area contributed by atoms with Crippen LogP contribution in [0.1, 0.15) is 6.92 Å². The fourth-order valence-electron chi connectivity index (χ4n) is 1.79. The van der Waals surface area contributed by atoms with Crippen LogP contribution in [0.2, 0.25) is 0 Å². The van der Waals surface area contributed by atoms with Gasteiger partial charge in [0, 0.05) is 6.54 Å². The maximum Gasteiger partial charge on any atom is 0.409 e. The Bertz CT molecular complexity index is 562. The highest BCUT2D eigenvalue weighted by atomic mass is 16.5. The Morgan fingerprint density at radius 1 is 1.59 bits per heavy atom. The van der Waals surface area contributed by atoms with Gasteiger partial charge in [-0.25, -0.2) is 9.78 Å². The summed E-state index contributed by atoms with van der Waals surface area (Å²) in [5.41, 5.74) is 1.99. The van der Waals surface area contributed by atoms with Crippen molar-refractivity contribution in [1.82, 2.24) is 9.55 Å². The fourth-order valence-corrected chi connectivity index (χ4v) is 1.79. The molecule has 6 heteroatoms. The zero-order chi connectivity index (χ0) is 12.4. The molecular formula is C11H13N3O3. The number of carbonyl (C=O) groups is 1. The normalized spacial score (nSPS) is 10.5. The fraction of sp³-hybridized carbons (Fsp3) is 0.273. The zero-order valence-corrected chi connectivity index (χ0v) is 9.60. The molecule has 0 unspecified atom stereocenters. The topological polar surface area (TPSA) is 76.4 Å². The predicted octanol–water partition coefficient (Wildman–Crippen LogP) is 2.15. The van der Waals surface area contributed by atoms with Gasteiger partial charge in [0.1, 0.15) is 5.52 Å². The molecule has 0 saturated carbocycles. The molecule has 90 valence electrons. The number of rotatable bonds is 3. The number of ether oxygens (including phenoxy) is 1. The minimum atomic E-state index is -1.12. The van der Waals surface area contributed by atoms with Crippen molar-refractivity contribution in [3.63, 3.8) is 0 Å². The highest BCUT2D eigenvalue weighted by molar-refractivity contribution is 5.94. The molecule has 0 atom stereocenters. The summed E-state index contributed by atoms with van der Waals surface area (Å²) in [6.07, 6.45) is 0.586. The molecule has 0 bridgehead atoms. The van der Waals surface area contributed by atoms with E-state index in [-0.39, 0.29) is 0 Å². The number of hydrogen-bond acceptors (Lipinski definition) is 3. The van der Waals surface area contributed by atoms with Crippen LogP contribution >= 0.6 is 0 Å². The van der Waals surface area contributed by atoms with Crippen molar-refractivity contribution >= 4 is 22.8 Å². The molecule has 17 heavy (non-hydrogen) atoms. The maximum absolute atomic E-state index is 10.7. The van der Waals surface area contributed by atoms with Crippen molar-refractivity contribution in [2.45, 2.75) is 13.5 Å². The van der Waals surface area contributed by atoms with Crippen molar-refractivity contribution in [2.24, 2.45) is 0 Å². The average molecular weight is 235 g/mol. The largest absolute Gasteiger partial charge is 0.492 e. The summed E-state index contributed by atoms with van der Waals surface area (Å²) in [6, 6.07) is 3.40. The zero-order valence-electron chi connectivity index (χ0n) is 9.60. The first-order valence-electron chi connectivity index (χ1n) is 5.19. The van der Waals surface area contributed by atoms with Crippen molar-refractivity contribution in [1.29, 1.82) is 0 Å². The second-order valence-corrected chi connectivity index (χ2v) is 3.47. The lowest BCUT2D eigenvalue weighted by Crippen LogP contribution is -2.09. The molecule has 2 aromatic rings. The number of methoxy groups -OCH3 is 1. The Hall–Kier alpha value is -2.24. The summed E-state index contributed by atoms with van der Waals surface area (Å²) in [5.74, 6) is 0.490. The van der Waals surface area contributed by atoms with E-state index in [0.717, 1.165) is 17.6 Å². The van der Waals surface area contributed by atoms with Crippen LogP contribution in [-0.4, -0.2) is 27.9 Å². The minimum absolute atomic E-state index is 0.419. The second-order valence-electron chi connectivity index (χ2n) is 3.47. The Labute approximate surface area is 97.8 Å². The molecule has 0 aliphatic carbocycles. The van der Waals surface area contributed by atoms with Crippen LogP contribution in [0.4, 0.5) is 10.5 Å². The van der Waals surface area contributed by atoms with Crippen molar-refractivity contribution < 1.29 is 14.6 Å². The third-order valence-corrected chi connectivity index (χ3v) is 2.52. The third kappa shape index (κ3) is 1.89. The van der Waals surface area contributed by atoms with E-state index in [2.05, 4.69) is 10.3 Å². The number of aryl methyl sites for hydroxylation is 1. The number of nitrogens with one attached hydrogen (secondary N) is 1. The van der Waals surface area contributed by atoms with Gasteiger partial charge in [-0.05, 0) is 19.1 Å². The SMILES string of the molecule is CCn1cnc2ccc(NC(=O)O)c(OC)c21. The van der Waals surface area contributed by atoms with E-state index in [9.17, 15) is 4.79 Å². The Morgan fingerprint density at radius 3 is 2.94 bits per heavy atom. The predicted molar refractivity (Wildman–Crippen MR) is 63.6 cm³/mol. The Morgan fingerprint density at radius 2 is 2.35 bits per heavy atom. The standard InChI is InChI=1S/C11H13N3O3/c1-3-14-6-12-7-4-5-8(13-11(15)16)10(17-2)9(7)14/h4-6,13H,3H2,1-2H3,(H,15,16). The molecule has 2 rings (SSSR count). The van der Waals surface area contributed by atoms with Gasteiger partial charge in [0.2, 0.25) is 0 Å². The molecule has 0 aliphatic heterocycles. The van der Waals surface area contributed by atoms with Crippen LogP contribution in [0.3, 0.4) is 0 Å². The van der Waals surface area contributed by atoms with E-state index in [0.29, 0.717) is 11.4 Å². The van der Waals surface area contributed by atoms with Gasteiger partial charge in [0.15, 0.2) is 5.75 Å². The molecule has 1 aromatic heterocycles. The summed E-state index contributed by atoms with van der Waals surface area (Å²) in [5, 5.41) is 11.1. The second kappa shape index (κ2) is 4.32. The number of hydrogen-bond donors (Lipinski definition) is 2. The van der Waals surface area contributed by atoms with Gasteiger partial charge in [-0.3, -0.25) is 5.32 Å². The lowest BCUT2D eigenvalue weighted by molar-refractivity contribution is 0.209. The first kappa shape index (κ1) is 11.3. The number of aromatic nitrogens is 2.